The van der Waals surface area contributed by atoms with E-state index in [-0.39, 0.29) is 17.4 Å². The number of nitrogens with one attached hydrogen (secondary N) is 1. The molecule has 2 saturated heterocycles. The van der Waals surface area contributed by atoms with E-state index >= 15 is 0 Å². The molecule has 1 N–H and O–H groups in total. The van der Waals surface area contributed by atoms with Crippen molar-refractivity contribution in [2.45, 2.75) is 37.3 Å². The maximum absolute atomic E-state index is 12.1. The normalized spacial score (nSPS) is 24.2. The van der Waals surface area contributed by atoms with Gasteiger partial charge in [0.2, 0.25) is 5.91 Å². The second kappa shape index (κ2) is 5.76. The van der Waals surface area contributed by atoms with Gasteiger partial charge in [-0.25, -0.2) is 0 Å². The van der Waals surface area contributed by atoms with Gasteiger partial charge in [-0.1, -0.05) is 0 Å². The van der Waals surface area contributed by atoms with E-state index in [1.807, 2.05) is 17.9 Å². The fourth-order valence-electron chi connectivity index (χ4n) is 4.08. The Bertz CT molecular complexity index is 685. The summed E-state index contributed by atoms with van der Waals surface area (Å²) in [5.41, 5.74) is 2.51. The first-order chi connectivity index (χ1) is 11.1. The van der Waals surface area contributed by atoms with Crippen molar-refractivity contribution in [2.24, 2.45) is 7.05 Å². The van der Waals surface area contributed by atoms with Crippen LogP contribution in [0.25, 0.3) is 0 Å². The molecule has 0 bridgehead atoms. The molecule has 4 heterocycles. The zero-order valence-electron chi connectivity index (χ0n) is 13.4. The van der Waals surface area contributed by atoms with Crippen molar-refractivity contribution in [1.82, 2.24) is 20.0 Å². The Labute approximate surface area is 140 Å². The van der Waals surface area contributed by atoms with Gasteiger partial charge in [-0.05, 0) is 40.8 Å². The molecule has 2 aromatic heterocycles. The van der Waals surface area contributed by atoms with Crippen LogP contribution in [-0.2, 0) is 18.4 Å². The maximum atomic E-state index is 12.1. The molecule has 1 spiro atoms. The molecular weight excluding hydrogens is 308 g/mol. The second-order valence-electron chi connectivity index (χ2n) is 6.82. The fourth-order valence-corrected chi connectivity index (χ4v) is 4.74. The highest BCUT2D eigenvalue weighted by molar-refractivity contribution is 7.07. The summed E-state index contributed by atoms with van der Waals surface area (Å²) in [5, 5.41) is 12.0. The van der Waals surface area contributed by atoms with Gasteiger partial charge in [0.25, 0.3) is 0 Å². The van der Waals surface area contributed by atoms with Crippen LogP contribution >= 0.6 is 11.3 Å². The van der Waals surface area contributed by atoms with Crippen LogP contribution in [0, 0.1) is 0 Å². The molecule has 2 aliphatic rings. The molecular formula is C17H22N4OS. The first kappa shape index (κ1) is 14.9. The molecule has 0 radical (unpaired) electrons. The standard InChI is InChI=1S/C17H22N4OS/c1-20-11-14(9-18-20)15-8-16(22)19-17(15)3-5-21(6-4-17)10-13-2-7-23-12-13/h2,7,9,11-12,15H,3-6,8,10H2,1H3,(H,19,22)/t15-/m1/s1. The maximum Gasteiger partial charge on any atom is 0.221 e. The highest BCUT2D eigenvalue weighted by Crippen LogP contribution is 2.43. The lowest BCUT2D eigenvalue weighted by molar-refractivity contribution is -0.120. The van der Waals surface area contributed by atoms with E-state index < -0.39 is 0 Å². The zero-order chi connectivity index (χ0) is 15.9. The van der Waals surface area contributed by atoms with E-state index in [4.69, 9.17) is 0 Å². The zero-order valence-corrected chi connectivity index (χ0v) is 14.2. The van der Waals surface area contributed by atoms with Gasteiger partial charge in [0.1, 0.15) is 0 Å². The molecule has 23 heavy (non-hydrogen) atoms. The number of carbonyl (C=O) groups is 1. The van der Waals surface area contributed by atoms with Crippen molar-refractivity contribution in [3.63, 3.8) is 0 Å². The van der Waals surface area contributed by atoms with Crippen LogP contribution in [0.5, 0.6) is 0 Å². The number of likely N-dealkylation sites (tertiary alicyclic amines) is 1. The van der Waals surface area contributed by atoms with Crippen molar-refractivity contribution in [1.29, 1.82) is 0 Å². The van der Waals surface area contributed by atoms with Crippen LogP contribution in [0.1, 0.15) is 36.3 Å². The van der Waals surface area contributed by atoms with Crippen molar-refractivity contribution < 1.29 is 4.79 Å². The first-order valence-electron chi connectivity index (χ1n) is 8.18. The molecule has 1 amide bonds. The smallest absolute Gasteiger partial charge is 0.221 e. The van der Waals surface area contributed by atoms with Gasteiger partial charge in [0.15, 0.2) is 0 Å². The van der Waals surface area contributed by atoms with Gasteiger partial charge in [-0.3, -0.25) is 14.4 Å². The fraction of sp³-hybridized carbons (Fsp3) is 0.529. The van der Waals surface area contributed by atoms with Gasteiger partial charge in [-0.15, -0.1) is 0 Å². The Morgan fingerprint density at radius 2 is 2.26 bits per heavy atom. The Morgan fingerprint density at radius 3 is 2.91 bits per heavy atom. The Morgan fingerprint density at radius 1 is 1.43 bits per heavy atom. The van der Waals surface area contributed by atoms with Crippen LogP contribution in [0.15, 0.2) is 29.2 Å². The average Bonchev–Trinajstić information content (AvgIpc) is 3.24. The van der Waals surface area contributed by atoms with E-state index in [9.17, 15) is 4.79 Å². The van der Waals surface area contributed by atoms with Gasteiger partial charge < -0.3 is 5.32 Å². The molecule has 2 aliphatic heterocycles. The number of hydrogen-bond donors (Lipinski definition) is 1. The lowest BCUT2D eigenvalue weighted by atomic mass is 9.75. The number of thiophene rings is 1. The van der Waals surface area contributed by atoms with E-state index in [1.54, 1.807) is 11.3 Å². The number of aromatic nitrogens is 2. The third kappa shape index (κ3) is 2.81. The summed E-state index contributed by atoms with van der Waals surface area (Å²) in [5.74, 6) is 0.442. The summed E-state index contributed by atoms with van der Waals surface area (Å²) in [7, 11) is 1.93. The molecule has 2 aromatic rings. The minimum atomic E-state index is -0.0781. The molecule has 5 nitrogen and oxygen atoms in total. The Hall–Kier alpha value is -1.66. The summed E-state index contributed by atoms with van der Waals surface area (Å²) in [6.45, 7) is 3.09. The predicted molar refractivity (Wildman–Crippen MR) is 90.3 cm³/mol. The van der Waals surface area contributed by atoms with E-state index in [0.29, 0.717) is 6.42 Å². The van der Waals surface area contributed by atoms with Crippen molar-refractivity contribution in [3.05, 3.63) is 40.3 Å². The minimum Gasteiger partial charge on any atom is -0.350 e. The minimum absolute atomic E-state index is 0.0781. The van der Waals surface area contributed by atoms with Crippen LogP contribution in [0.3, 0.4) is 0 Å². The lowest BCUT2D eigenvalue weighted by Crippen LogP contribution is -2.53. The number of nitrogens with zero attached hydrogens (tertiary/aromatic N) is 3. The monoisotopic (exact) mass is 330 g/mol. The summed E-state index contributed by atoms with van der Waals surface area (Å²) in [6, 6.07) is 2.20. The van der Waals surface area contributed by atoms with Crippen LogP contribution in [-0.4, -0.2) is 39.2 Å². The van der Waals surface area contributed by atoms with Gasteiger partial charge in [0.05, 0.1) is 6.20 Å². The average molecular weight is 330 g/mol. The van der Waals surface area contributed by atoms with Crippen LogP contribution < -0.4 is 5.32 Å². The van der Waals surface area contributed by atoms with E-state index in [2.05, 4.69) is 38.3 Å². The highest BCUT2D eigenvalue weighted by atomic mass is 32.1. The molecule has 0 aromatic carbocycles. The molecule has 0 unspecified atom stereocenters. The molecule has 2 fully saturated rings. The number of piperidine rings is 1. The van der Waals surface area contributed by atoms with Gasteiger partial charge in [-0.2, -0.15) is 16.4 Å². The van der Waals surface area contributed by atoms with Crippen molar-refractivity contribution in [3.8, 4) is 0 Å². The number of carbonyl (C=O) groups excluding carboxylic acids is 1. The largest absolute Gasteiger partial charge is 0.350 e. The lowest BCUT2D eigenvalue weighted by Gasteiger charge is -2.42. The molecule has 1 atom stereocenters. The van der Waals surface area contributed by atoms with Gasteiger partial charge in [0, 0.05) is 50.8 Å². The second-order valence-corrected chi connectivity index (χ2v) is 7.60. The molecule has 122 valence electrons. The number of rotatable bonds is 3. The van der Waals surface area contributed by atoms with E-state index in [0.717, 1.165) is 32.5 Å². The molecule has 6 heteroatoms. The third-order valence-electron chi connectivity index (χ3n) is 5.31. The predicted octanol–water partition coefficient (Wildman–Crippen LogP) is 2.12. The van der Waals surface area contributed by atoms with Crippen molar-refractivity contribution in [2.75, 3.05) is 13.1 Å². The van der Waals surface area contributed by atoms with E-state index in [1.165, 1.54) is 11.1 Å². The van der Waals surface area contributed by atoms with Crippen LogP contribution in [0.4, 0.5) is 0 Å². The Balaban J connectivity index is 1.48. The van der Waals surface area contributed by atoms with Crippen molar-refractivity contribution >= 4 is 17.2 Å². The number of amides is 1. The summed E-state index contributed by atoms with van der Waals surface area (Å²) in [4.78, 5) is 14.6. The highest BCUT2D eigenvalue weighted by Gasteiger charge is 2.48. The first-order valence-corrected chi connectivity index (χ1v) is 9.12. The topological polar surface area (TPSA) is 50.2 Å². The Kier molecular flexibility index (Phi) is 3.73. The molecule has 4 rings (SSSR count). The summed E-state index contributed by atoms with van der Waals surface area (Å²) in [6.07, 6.45) is 6.61. The molecule has 0 saturated carbocycles. The SMILES string of the molecule is Cn1cc([C@H]2CC(=O)NC23CCN(Cc2ccsc2)CC3)cn1. The quantitative estimate of drug-likeness (QED) is 0.938. The molecule has 0 aliphatic carbocycles. The van der Waals surface area contributed by atoms with Crippen LogP contribution in [0.2, 0.25) is 0 Å². The number of hydrogen-bond acceptors (Lipinski definition) is 4. The summed E-state index contributed by atoms with van der Waals surface area (Å²) < 4.78 is 1.83. The van der Waals surface area contributed by atoms with Gasteiger partial charge >= 0.3 is 0 Å². The number of aryl methyl sites for hydroxylation is 1. The summed E-state index contributed by atoms with van der Waals surface area (Å²) >= 11 is 1.75. The third-order valence-corrected chi connectivity index (χ3v) is 6.04.